The van der Waals surface area contributed by atoms with Gasteiger partial charge in [-0.3, -0.25) is 9.59 Å². The molecule has 2 aliphatic rings. The van der Waals surface area contributed by atoms with Gasteiger partial charge in [0, 0.05) is 6.54 Å². The van der Waals surface area contributed by atoms with Gasteiger partial charge in [-0.25, -0.2) is 0 Å². The van der Waals surface area contributed by atoms with Crippen molar-refractivity contribution in [3.63, 3.8) is 0 Å². The van der Waals surface area contributed by atoms with Gasteiger partial charge in [-0.05, 0) is 38.3 Å². The lowest BCUT2D eigenvalue weighted by Gasteiger charge is -2.39. The van der Waals surface area contributed by atoms with Crippen LogP contribution >= 0.6 is 0 Å². The first-order valence-electron chi connectivity index (χ1n) is 8.05. The van der Waals surface area contributed by atoms with E-state index in [1.165, 1.54) is 6.26 Å². The van der Waals surface area contributed by atoms with Gasteiger partial charge in [0.05, 0.1) is 25.5 Å². The number of hydrogen-bond acceptors (Lipinski definition) is 5. The maximum atomic E-state index is 12.7. The molecule has 1 N–H and O–H groups in total. The number of likely N-dealkylation sites (tertiary alicyclic amines) is 1. The fraction of sp³-hybridized carbons (Fsp3) is 0.625. The zero-order valence-electron chi connectivity index (χ0n) is 13.2. The summed E-state index contributed by atoms with van der Waals surface area (Å²) in [4.78, 5) is 26.5. The van der Waals surface area contributed by atoms with Crippen molar-refractivity contribution in [3.8, 4) is 0 Å². The summed E-state index contributed by atoms with van der Waals surface area (Å²) in [5.74, 6) is -0.311. The molecular formula is C16H22N2O5. The molecule has 7 nitrogen and oxygen atoms in total. The number of rotatable bonds is 4. The Morgan fingerprint density at radius 1 is 1.30 bits per heavy atom. The third-order valence-corrected chi connectivity index (χ3v) is 4.26. The Labute approximate surface area is 134 Å². The van der Waals surface area contributed by atoms with Crippen LogP contribution in [-0.2, 0) is 14.3 Å². The molecule has 23 heavy (non-hydrogen) atoms. The highest BCUT2D eigenvalue weighted by molar-refractivity contribution is 5.95. The third kappa shape index (κ3) is 3.56. The highest BCUT2D eigenvalue weighted by Crippen LogP contribution is 2.25. The fourth-order valence-electron chi connectivity index (χ4n) is 3.10. The molecule has 0 saturated carbocycles. The number of nitrogens with one attached hydrogen (secondary N) is 1. The number of carbonyl (C=O) groups is 2. The minimum Gasteiger partial charge on any atom is -0.459 e. The van der Waals surface area contributed by atoms with E-state index < -0.39 is 11.9 Å². The summed E-state index contributed by atoms with van der Waals surface area (Å²) in [6.07, 6.45) is 3.93. The van der Waals surface area contributed by atoms with Crippen molar-refractivity contribution in [3.05, 3.63) is 24.2 Å². The first-order chi connectivity index (χ1) is 11.2. The number of piperidine rings is 1. The molecular weight excluding hydrogens is 300 g/mol. The van der Waals surface area contributed by atoms with Gasteiger partial charge in [0.2, 0.25) is 5.91 Å². The Morgan fingerprint density at radius 2 is 2.09 bits per heavy atom. The standard InChI is InChI=1S/C16H22N2O5/c1-11(17-14(19)13-6-4-8-21-13)15(20)18-7-3-2-5-12(18)16-22-9-10-23-16/h4,6,8,11-12,16H,2-3,5,7,9-10H2,1H3,(H,17,19)/t11-,12-/m1/s1. The van der Waals surface area contributed by atoms with Crippen molar-refractivity contribution in [2.75, 3.05) is 19.8 Å². The number of amides is 2. The number of furan rings is 1. The summed E-state index contributed by atoms with van der Waals surface area (Å²) in [5, 5.41) is 2.68. The third-order valence-electron chi connectivity index (χ3n) is 4.26. The zero-order valence-corrected chi connectivity index (χ0v) is 13.2. The first-order valence-corrected chi connectivity index (χ1v) is 8.05. The van der Waals surface area contributed by atoms with E-state index in [1.807, 2.05) is 0 Å². The number of ether oxygens (including phenoxy) is 2. The molecule has 0 radical (unpaired) electrons. The Balaban J connectivity index is 1.63. The predicted molar refractivity (Wildman–Crippen MR) is 80.7 cm³/mol. The molecule has 1 aromatic rings. The summed E-state index contributed by atoms with van der Waals surface area (Å²) in [5.41, 5.74) is 0. The minimum atomic E-state index is -0.630. The second-order valence-corrected chi connectivity index (χ2v) is 5.88. The molecule has 0 unspecified atom stereocenters. The number of carbonyl (C=O) groups excluding carboxylic acids is 2. The van der Waals surface area contributed by atoms with E-state index in [-0.39, 0.29) is 24.0 Å². The van der Waals surface area contributed by atoms with Gasteiger partial charge < -0.3 is 24.1 Å². The maximum Gasteiger partial charge on any atom is 0.287 e. The second kappa shape index (κ2) is 7.14. The zero-order chi connectivity index (χ0) is 16.2. The summed E-state index contributed by atoms with van der Waals surface area (Å²) < 4.78 is 16.2. The van der Waals surface area contributed by atoms with E-state index in [0.29, 0.717) is 19.8 Å². The first kappa shape index (κ1) is 16.0. The van der Waals surface area contributed by atoms with Gasteiger partial charge in [0.15, 0.2) is 12.1 Å². The molecule has 2 fully saturated rings. The Morgan fingerprint density at radius 3 is 2.78 bits per heavy atom. The molecule has 2 atom stereocenters. The molecule has 2 aliphatic heterocycles. The van der Waals surface area contributed by atoms with E-state index >= 15 is 0 Å². The van der Waals surface area contributed by atoms with E-state index in [1.54, 1.807) is 24.0 Å². The number of hydrogen-bond donors (Lipinski definition) is 1. The van der Waals surface area contributed by atoms with Crippen molar-refractivity contribution >= 4 is 11.8 Å². The van der Waals surface area contributed by atoms with E-state index in [4.69, 9.17) is 13.9 Å². The van der Waals surface area contributed by atoms with Gasteiger partial charge in [0.25, 0.3) is 5.91 Å². The number of nitrogens with zero attached hydrogens (tertiary/aromatic N) is 1. The monoisotopic (exact) mass is 322 g/mol. The van der Waals surface area contributed by atoms with Crippen LogP contribution in [0.5, 0.6) is 0 Å². The Kier molecular flexibility index (Phi) is 4.97. The van der Waals surface area contributed by atoms with Crippen LogP contribution in [0.25, 0.3) is 0 Å². The molecule has 1 aromatic heterocycles. The lowest BCUT2D eigenvalue weighted by atomic mass is 10.0. The normalized spacial score (nSPS) is 23.7. The van der Waals surface area contributed by atoms with Gasteiger partial charge in [-0.2, -0.15) is 0 Å². The maximum absolute atomic E-state index is 12.7. The van der Waals surface area contributed by atoms with Gasteiger partial charge in [-0.15, -0.1) is 0 Å². The summed E-state index contributed by atoms with van der Waals surface area (Å²) in [6, 6.07) is 2.49. The van der Waals surface area contributed by atoms with Gasteiger partial charge in [0.1, 0.15) is 6.04 Å². The van der Waals surface area contributed by atoms with Crippen molar-refractivity contribution in [2.24, 2.45) is 0 Å². The highest BCUT2D eigenvalue weighted by Gasteiger charge is 2.37. The molecule has 3 heterocycles. The predicted octanol–water partition coefficient (Wildman–Crippen LogP) is 1.15. The van der Waals surface area contributed by atoms with Gasteiger partial charge >= 0.3 is 0 Å². The minimum absolute atomic E-state index is 0.0817. The van der Waals surface area contributed by atoms with E-state index in [9.17, 15) is 9.59 Å². The van der Waals surface area contributed by atoms with Crippen molar-refractivity contribution in [1.82, 2.24) is 10.2 Å². The smallest absolute Gasteiger partial charge is 0.287 e. The molecule has 0 bridgehead atoms. The van der Waals surface area contributed by atoms with Crippen molar-refractivity contribution in [1.29, 1.82) is 0 Å². The van der Waals surface area contributed by atoms with Gasteiger partial charge in [-0.1, -0.05) is 0 Å². The molecule has 2 amide bonds. The molecule has 2 saturated heterocycles. The Hall–Kier alpha value is -1.86. The Bertz CT molecular complexity index is 539. The topological polar surface area (TPSA) is 81.0 Å². The quantitative estimate of drug-likeness (QED) is 0.899. The fourth-order valence-corrected chi connectivity index (χ4v) is 3.10. The summed E-state index contributed by atoms with van der Waals surface area (Å²) >= 11 is 0. The lowest BCUT2D eigenvalue weighted by molar-refractivity contribution is -0.152. The molecule has 0 spiro atoms. The van der Waals surface area contributed by atoms with Crippen LogP contribution in [0.4, 0.5) is 0 Å². The van der Waals surface area contributed by atoms with Crippen LogP contribution in [0.2, 0.25) is 0 Å². The largest absolute Gasteiger partial charge is 0.459 e. The van der Waals surface area contributed by atoms with Crippen LogP contribution in [-0.4, -0.2) is 54.8 Å². The molecule has 7 heteroatoms. The van der Waals surface area contributed by atoms with Crippen LogP contribution in [0.3, 0.4) is 0 Å². The summed E-state index contributed by atoms with van der Waals surface area (Å²) in [7, 11) is 0. The van der Waals surface area contributed by atoms with Crippen LogP contribution < -0.4 is 5.32 Å². The lowest BCUT2D eigenvalue weighted by Crippen LogP contribution is -2.55. The van der Waals surface area contributed by atoms with Crippen molar-refractivity contribution in [2.45, 2.75) is 44.6 Å². The van der Waals surface area contributed by atoms with Crippen LogP contribution in [0.1, 0.15) is 36.7 Å². The second-order valence-electron chi connectivity index (χ2n) is 5.88. The molecule has 0 aliphatic carbocycles. The molecule has 3 rings (SSSR count). The van der Waals surface area contributed by atoms with Crippen LogP contribution in [0, 0.1) is 0 Å². The molecule has 0 aromatic carbocycles. The van der Waals surface area contributed by atoms with E-state index in [2.05, 4.69) is 5.32 Å². The van der Waals surface area contributed by atoms with Crippen molar-refractivity contribution < 1.29 is 23.5 Å². The SMILES string of the molecule is C[C@@H](NC(=O)c1ccco1)C(=O)N1CCCC[C@@H]1C1OCCO1. The summed E-state index contributed by atoms with van der Waals surface area (Å²) in [6.45, 7) is 3.47. The average Bonchev–Trinajstić information content (AvgIpc) is 3.27. The molecule has 126 valence electrons. The average molecular weight is 322 g/mol. The van der Waals surface area contributed by atoms with E-state index in [0.717, 1.165) is 19.3 Å². The highest BCUT2D eigenvalue weighted by atomic mass is 16.7. The van der Waals surface area contributed by atoms with Crippen LogP contribution in [0.15, 0.2) is 22.8 Å².